The van der Waals surface area contributed by atoms with Crippen LogP contribution in [0.15, 0.2) is 115 Å². The van der Waals surface area contributed by atoms with Gasteiger partial charge in [-0.1, -0.05) is 98.8 Å². The van der Waals surface area contributed by atoms with E-state index >= 15 is 0 Å². The molecule has 3 heteroatoms. The number of benzene rings is 6. The zero-order chi connectivity index (χ0) is 26.0. The van der Waals surface area contributed by atoms with Crippen LogP contribution in [0.25, 0.3) is 54.9 Å². The molecule has 0 saturated heterocycles. The lowest BCUT2D eigenvalue weighted by molar-refractivity contribution is 0.513. The van der Waals surface area contributed by atoms with Gasteiger partial charge in [0.25, 0.3) is 0 Å². The van der Waals surface area contributed by atoms with Gasteiger partial charge in [-0.05, 0) is 101 Å². The lowest BCUT2D eigenvalue weighted by Crippen LogP contribution is -2.16. The molecule has 0 aromatic heterocycles. The summed E-state index contributed by atoms with van der Waals surface area (Å²) in [4.78, 5) is 9.84. The van der Waals surface area contributed by atoms with Gasteiger partial charge in [0, 0.05) is 5.41 Å². The Balaban J connectivity index is 1.67. The third kappa shape index (κ3) is 3.31. The third-order valence-corrected chi connectivity index (χ3v) is 8.87. The Morgan fingerprint density at radius 1 is 0.553 bits per heavy atom. The quantitative estimate of drug-likeness (QED) is 0.191. The van der Waals surface area contributed by atoms with Gasteiger partial charge in [-0.3, -0.25) is 0 Å². The van der Waals surface area contributed by atoms with Gasteiger partial charge in [0.15, 0.2) is 0 Å². The van der Waals surface area contributed by atoms with E-state index in [0.717, 1.165) is 11.1 Å². The predicted molar refractivity (Wildman–Crippen MR) is 159 cm³/mol. The molecule has 1 N–H and O–H groups in total. The number of hydrogen-bond donors (Lipinski definition) is 1. The SMILES string of the molecule is CC1(C)c2cc([P+](=O)O)ccc2-c2cc3c(-c4ccccc4)c4ccccc4c(-c4ccccc4)c3cc21. The minimum Gasteiger partial charge on any atom is -0.156 e. The van der Waals surface area contributed by atoms with E-state index in [2.05, 4.69) is 111 Å². The summed E-state index contributed by atoms with van der Waals surface area (Å²) in [6.07, 6.45) is 0. The molecule has 7 rings (SSSR count). The van der Waals surface area contributed by atoms with Crippen LogP contribution in [0.4, 0.5) is 0 Å². The lowest BCUT2D eigenvalue weighted by atomic mass is 9.79. The lowest BCUT2D eigenvalue weighted by Gasteiger charge is -2.23. The summed E-state index contributed by atoms with van der Waals surface area (Å²) < 4.78 is 12.0. The van der Waals surface area contributed by atoms with E-state index in [1.165, 1.54) is 54.9 Å². The Morgan fingerprint density at radius 2 is 1.05 bits per heavy atom. The second-order valence-electron chi connectivity index (χ2n) is 10.6. The van der Waals surface area contributed by atoms with Crippen molar-refractivity contribution in [1.82, 2.24) is 0 Å². The molecule has 182 valence electrons. The van der Waals surface area contributed by atoms with Gasteiger partial charge in [0.05, 0.1) is 0 Å². The first-order chi connectivity index (χ1) is 18.4. The van der Waals surface area contributed by atoms with E-state index in [1.807, 2.05) is 12.1 Å². The van der Waals surface area contributed by atoms with E-state index in [9.17, 15) is 9.46 Å². The molecular formula is C35H26O2P+. The van der Waals surface area contributed by atoms with Gasteiger partial charge >= 0.3 is 8.03 Å². The van der Waals surface area contributed by atoms with Crippen molar-refractivity contribution in [2.75, 3.05) is 0 Å². The Bertz CT molecular complexity index is 1900. The molecule has 38 heavy (non-hydrogen) atoms. The first-order valence-corrected chi connectivity index (χ1v) is 14.1. The summed E-state index contributed by atoms with van der Waals surface area (Å²) in [5.74, 6) is 0. The van der Waals surface area contributed by atoms with Crippen LogP contribution in [-0.4, -0.2) is 4.89 Å². The highest BCUT2D eigenvalue weighted by molar-refractivity contribution is 7.47. The smallest absolute Gasteiger partial charge is 0.156 e. The molecule has 2 nitrogen and oxygen atoms in total. The molecule has 1 unspecified atom stereocenters. The fourth-order valence-corrected chi connectivity index (χ4v) is 6.78. The largest absolute Gasteiger partial charge is 0.546 e. The van der Waals surface area contributed by atoms with Crippen molar-refractivity contribution in [1.29, 1.82) is 0 Å². The monoisotopic (exact) mass is 509 g/mol. The van der Waals surface area contributed by atoms with Crippen LogP contribution in [-0.2, 0) is 9.98 Å². The van der Waals surface area contributed by atoms with Crippen LogP contribution in [0.5, 0.6) is 0 Å². The van der Waals surface area contributed by atoms with Gasteiger partial charge in [0.2, 0.25) is 5.30 Å². The highest BCUT2D eigenvalue weighted by atomic mass is 31.1. The summed E-state index contributed by atoms with van der Waals surface area (Å²) in [5, 5.41) is 5.38. The summed E-state index contributed by atoms with van der Waals surface area (Å²) in [6.45, 7) is 4.44. The summed E-state index contributed by atoms with van der Waals surface area (Å²) in [5.41, 5.74) is 9.25. The number of hydrogen-bond acceptors (Lipinski definition) is 1. The van der Waals surface area contributed by atoms with Gasteiger partial charge in [-0.15, -0.1) is 0 Å². The van der Waals surface area contributed by atoms with Crippen LogP contribution in [0.1, 0.15) is 25.0 Å². The number of rotatable bonds is 3. The minimum absolute atomic E-state index is 0.299. The first kappa shape index (κ1) is 23.0. The Labute approximate surface area is 223 Å². The van der Waals surface area contributed by atoms with Crippen LogP contribution < -0.4 is 5.30 Å². The van der Waals surface area contributed by atoms with E-state index < -0.39 is 8.03 Å². The summed E-state index contributed by atoms with van der Waals surface area (Å²) in [6, 6.07) is 40.5. The number of fused-ring (bicyclic) bond motifs is 5. The van der Waals surface area contributed by atoms with Crippen molar-refractivity contribution in [3.8, 4) is 33.4 Å². The molecule has 6 aromatic carbocycles. The third-order valence-electron chi connectivity index (χ3n) is 8.15. The second kappa shape index (κ2) is 8.46. The van der Waals surface area contributed by atoms with Gasteiger partial charge in [-0.2, -0.15) is 4.89 Å². The maximum atomic E-state index is 12.0. The molecule has 0 amide bonds. The molecule has 0 saturated carbocycles. The molecular weight excluding hydrogens is 483 g/mol. The highest BCUT2D eigenvalue weighted by Gasteiger charge is 2.38. The summed E-state index contributed by atoms with van der Waals surface area (Å²) >= 11 is 0. The van der Waals surface area contributed by atoms with Gasteiger partial charge < -0.3 is 0 Å². The predicted octanol–water partition coefficient (Wildman–Crippen LogP) is 8.99. The van der Waals surface area contributed by atoms with E-state index in [4.69, 9.17) is 0 Å². The fourth-order valence-electron chi connectivity index (χ4n) is 6.34. The van der Waals surface area contributed by atoms with Crippen molar-refractivity contribution < 1.29 is 9.46 Å². The Kier molecular flexibility index (Phi) is 5.13. The topological polar surface area (TPSA) is 37.3 Å². The van der Waals surface area contributed by atoms with E-state index in [1.54, 1.807) is 6.07 Å². The van der Waals surface area contributed by atoms with Crippen LogP contribution >= 0.6 is 8.03 Å². The molecule has 0 aliphatic heterocycles. The fraction of sp³-hybridized carbons (Fsp3) is 0.0857. The van der Waals surface area contributed by atoms with Crippen molar-refractivity contribution in [2.45, 2.75) is 19.3 Å². The molecule has 0 radical (unpaired) electrons. The van der Waals surface area contributed by atoms with Crippen molar-refractivity contribution in [2.24, 2.45) is 0 Å². The molecule has 0 heterocycles. The minimum atomic E-state index is -2.39. The van der Waals surface area contributed by atoms with Crippen LogP contribution in [0.2, 0.25) is 0 Å². The molecule has 0 spiro atoms. The second-order valence-corrected chi connectivity index (χ2v) is 11.7. The Morgan fingerprint density at radius 3 is 1.61 bits per heavy atom. The van der Waals surface area contributed by atoms with Crippen molar-refractivity contribution in [3.05, 3.63) is 126 Å². The zero-order valence-corrected chi connectivity index (χ0v) is 22.2. The molecule has 6 aromatic rings. The van der Waals surface area contributed by atoms with Gasteiger partial charge in [0.1, 0.15) is 0 Å². The first-order valence-electron chi connectivity index (χ1n) is 12.9. The molecule has 1 atom stereocenters. The van der Waals surface area contributed by atoms with Crippen LogP contribution in [0.3, 0.4) is 0 Å². The molecule has 0 bridgehead atoms. The summed E-state index contributed by atoms with van der Waals surface area (Å²) in [7, 11) is -2.39. The normalized spacial score (nSPS) is 13.9. The standard InChI is InChI=1S/C35H25O2P/c1-35(2)31-19-24(38(36)37)17-18-25(31)28-20-29-30(21-32(28)35)34(23-13-7-4-8-14-23)27-16-10-9-15-26(27)33(29)22-11-5-3-6-12-22/h3-21H,1-2H3/p+1. The Hall–Kier alpha value is -4.10. The van der Waals surface area contributed by atoms with Crippen LogP contribution in [0, 0.1) is 0 Å². The maximum absolute atomic E-state index is 12.0. The van der Waals surface area contributed by atoms with Gasteiger partial charge in [-0.25, -0.2) is 0 Å². The van der Waals surface area contributed by atoms with E-state index in [0.29, 0.717) is 5.30 Å². The van der Waals surface area contributed by atoms with Crippen molar-refractivity contribution >= 4 is 34.9 Å². The van der Waals surface area contributed by atoms with E-state index in [-0.39, 0.29) is 5.41 Å². The average Bonchev–Trinajstić information content (AvgIpc) is 3.17. The maximum Gasteiger partial charge on any atom is 0.546 e. The van der Waals surface area contributed by atoms with Crippen molar-refractivity contribution in [3.63, 3.8) is 0 Å². The molecule has 1 aliphatic rings. The highest BCUT2D eigenvalue weighted by Crippen LogP contribution is 2.53. The molecule has 0 fully saturated rings. The average molecular weight is 510 g/mol. The molecule has 1 aliphatic carbocycles. The zero-order valence-electron chi connectivity index (χ0n) is 21.3.